The Balaban J connectivity index is 3.35. The molecule has 1 heterocycles. The number of hydrogen-bond donors (Lipinski definition) is 1. The third-order valence-electron chi connectivity index (χ3n) is 1.78. The molecule has 0 aliphatic rings. The van der Waals surface area contributed by atoms with Gasteiger partial charge >= 0.3 is 0 Å². The minimum atomic E-state index is -2.43. The van der Waals surface area contributed by atoms with Crippen molar-refractivity contribution in [1.29, 1.82) is 0 Å². The van der Waals surface area contributed by atoms with Crippen LogP contribution in [-0.4, -0.2) is 24.2 Å². The van der Waals surface area contributed by atoms with Crippen LogP contribution in [0.5, 0.6) is 0 Å². The lowest BCUT2D eigenvalue weighted by Gasteiger charge is -2.08. The second kappa shape index (κ2) is 3.54. The SMILES string of the molecule is Cc1cc(C(N)=O)cc(P(C)(C)=O)n1. The van der Waals surface area contributed by atoms with E-state index in [1.807, 2.05) is 0 Å². The number of carbonyl (C=O) groups excluding carboxylic acids is 1. The standard InChI is InChI=1S/C9H13N2O2P/c1-6-4-7(9(10)12)5-8(11-6)14(2,3)13/h4-5H,1-3H3,(H2,10,12). The number of rotatable bonds is 2. The first-order valence-electron chi connectivity index (χ1n) is 4.15. The van der Waals surface area contributed by atoms with Crippen molar-refractivity contribution < 1.29 is 9.36 Å². The minimum absolute atomic E-state index is 0.358. The fraction of sp³-hybridized carbons (Fsp3) is 0.333. The third kappa shape index (κ3) is 2.42. The zero-order chi connectivity index (χ0) is 10.9. The number of carbonyl (C=O) groups is 1. The van der Waals surface area contributed by atoms with Crippen molar-refractivity contribution >= 4 is 18.5 Å². The topological polar surface area (TPSA) is 73.1 Å². The number of nitrogens with two attached hydrogens (primary N) is 1. The Morgan fingerprint density at radius 1 is 1.43 bits per heavy atom. The third-order valence-corrected chi connectivity index (χ3v) is 3.11. The van der Waals surface area contributed by atoms with Crippen LogP contribution in [0.25, 0.3) is 0 Å². The average Bonchev–Trinajstić information content (AvgIpc) is 2.01. The van der Waals surface area contributed by atoms with Crippen molar-refractivity contribution in [2.45, 2.75) is 6.92 Å². The van der Waals surface area contributed by atoms with Crippen LogP contribution in [0.15, 0.2) is 12.1 Å². The molecule has 14 heavy (non-hydrogen) atoms. The van der Waals surface area contributed by atoms with Gasteiger partial charge in [0.2, 0.25) is 5.91 Å². The number of aryl methyl sites for hydroxylation is 1. The molecule has 0 aliphatic carbocycles. The molecule has 1 rings (SSSR count). The van der Waals surface area contributed by atoms with Crippen molar-refractivity contribution in [3.8, 4) is 0 Å². The lowest BCUT2D eigenvalue weighted by molar-refractivity contribution is 0.1000. The molecule has 1 aromatic rings. The molecule has 0 saturated heterocycles. The van der Waals surface area contributed by atoms with E-state index in [4.69, 9.17) is 5.73 Å². The van der Waals surface area contributed by atoms with Crippen molar-refractivity contribution in [1.82, 2.24) is 4.98 Å². The number of nitrogens with zero attached hydrogens (tertiary/aromatic N) is 1. The second-order valence-corrected chi connectivity index (χ2v) is 6.73. The molecule has 0 saturated carbocycles. The molecule has 0 aromatic carbocycles. The van der Waals surface area contributed by atoms with Gasteiger partial charge in [0, 0.05) is 11.3 Å². The molecule has 2 N–H and O–H groups in total. The Bertz CT molecular complexity index is 423. The first-order chi connectivity index (χ1) is 6.30. The molecule has 0 spiro atoms. The molecular weight excluding hydrogens is 199 g/mol. The predicted molar refractivity (Wildman–Crippen MR) is 56.6 cm³/mol. The number of pyridine rings is 1. The Morgan fingerprint density at radius 3 is 2.43 bits per heavy atom. The fourth-order valence-electron chi connectivity index (χ4n) is 1.07. The molecule has 4 nitrogen and oxygen atoms in total. The van der Waals surface area contributed by atoms with Crippen molar-refractivity contribution in [3.05, 3.63) is 23.4 Å². The van der Waals surface area contributed by atoms with Crippen molar-refractivity contribution in [2.75, 3.05) is 13.3 Å². The van der Waals surface area contributed by atoms with E-state index >= 15 is 0 Å². The van der Waals surface area contributed by atoms with Gasteiger partial charge in [0.1, 0.15) is 12.6 Å². The van der Waals surface area contributed by atoms with E-state index in [2.05, 4.69) is 4.98 Å². The van der Waals surface area contributed by atoms with Gasteiger partial charge in [-0.2, -0.15) is 0 Å². The van der Waals surface area contributed by atoms with Gasteiger partial charge in [-0.1, -0.05) is 0 Å². The summed E-state index contributed by atoms with van der Waals surface area (Å²) in [6.45, 7) is 4.96. The highest BCUT2D eigenvalue weighted by molar-refractivity contribution is 7.69. The highest BCUT2D eigenvalue weighted by Gasteiger charge is 2.15. The van der Waals surface area contributed by atoms with Gasteiger partial charge in [0.15, 0.2) is 0 Å². The highest BCUT2D eigenvalue weighted by atomic mass is 31.2. The fourth-order valence-corrected chi connectivity index (χ4v) is 1.92. The molecule has 0 radical (unpaired) electrons. The summed E-state index contributed by atoms with van der Waals surface area (Å²) in [7, 11) is -2.43. The molecule has 0 bridgehead atoms. The van der Waals surface area contributed by atoms with E-state index in [9.17, 15) is 9.36 Å². The van der Waals surface area contributed by atoms with Gasteiger partial charge in [-0.15, -0.1) is 0 Å². The van der Waals surface area contributed by atoms with Gasteiger partial charge in [-0.3, -0.25) is 9.78 Å². The first kappa shape index (κ1) is 10.9. The average molecular weight is 212 g/mol. The minimum Gasteiger partial charge on any atom is -0.366 e. The van der Waals surface area contributed by atoms with E-state index in [1.54, 1.807) is 26.3 Å². The quantitative estimate of drug-likeness (QED) is 0.734. The van der Waals surface area contributed by atoms with Crippen LogP contribution in [0.1, 0.15) is 16.1 Å². The van der Waals surface area contributed by atoms with E-state index in [0.717, 1.165) is 0 Å². The first-order valence-corrected chi connectivity index (χ1v) is 6.75. The maximum atomic E-state index is 11.7. The van der Waals surface area contributed by atoms with Gasteiger partial charge in [-0.25, -0.2) is 0 Å². The molecule has 1 amide bonds. The molecular formula is C9H13N2O2P. The monoisotopic (exact) mass is 212 g/mol. The zero-order valence-electron chi connectivity index (χ0n) is 8.44. The van der Waals surface area contributed by atoms with Crippen LogP contribution in [0, 0.1) is 6.92 Å². The predicted octanol–water partition coefficient (Wildman–Crippen LogP) is 0.737. The smallest absolute Gasteiger partial charge is 0.248 e. The molecule has 0 atom stereocenters. The Labute approximate surface area is 82.9 Å². The lowest BCUT2D eigenvalue weighted by atomic mass is 10.2. The number of amides is 1. The van der Waals surface area contributed by atoms with E-state index < -0.39 is 13.0 Å². The molecule has 76 valence electrons. The van der Waals surface area contributed by atoms with Crippen LogP contribution in [-0.2, 0) is 4.57 Å². The van der Waals surface area contributed by atoms with E-state index in [0.29, 0.717) is 16.7 Å². The molecule has 0 aliphatic heterocycles. The van der Waals surface area contributed by atoms with Crippen LogP contribution >= 0.6 is 7.14 Å². The van der Waals surface area contributed by atoms with Gasteiger partial charge < -0.3 is 10.3 Å². The van der Waals surface area contributed by atoms with Crippen LogP contribution < -0.4 is 11.2 Å². The molecule has 5 heteroatoms. The maximum Gasteiger partial charge on any atom is 0.248 e. The summed E-state index contributed by atoms with van der Waals surface area (Å²) >= 11 is 0. The summed E-state index contributed by atoms with van der Waals surface area (Å²) in [5.41, 5.74) is 6.60. The van der Waals surface area contributed by atoms with Crippen LogP contribution in [0.2, 0.25) is 0 Å². The van der Waals surface area contributed by atoms with Crippen molar-refractivity contribution in [2.24, 2.45) is 5.73 Å². The Kier molecular flexibility index (Phi) is 2.76. The Hall–Kier alpha value is -1.15. The second-order valence-electron chi connectivity index (χ2n) is 3.57. The van der Waals surface area contributed by atoms with E-state index in [-0.39, 0.29) is 0 Å². The number of primary amides is 1. The highest BCUT2D eigenvalue weighted by Crippen LogP contribution is 2.33. The van der Waals surface area contributed by atoms with E-state index in [1.165, 1.54) is 6.07 Å². The number of hydrogen-bond acceptors (Lipinski definition) is 3. The molecule has 0 fully saturated rings. The summed E-state index contributed by atoms with van der Waals surface area (Å²) < 4.78 is 11.7. The van der Waals surface area contributed by atoms with Crippen LogP contribution in [0.4, 0.5) is 0 Å². The molecule has 0 unspecified atom stereocenters. The maximum absolute atomic E-state index is 11.7. The summed E-state index contributed by atoms with van der Waals surface area (Å²) in [6.07, 6.45) is 0. The molecule has 1 aromatic heterocycles. The lowest BCUT2D eigenvalue weighted by Crippen LogP contribution is -2.17. The van der Waals surface area contributed by atoms with Gasteiger partial charge in [-0.05, 0) is 32.4 Å². The van der Waals surface area contributed by atoms with Gasteiger partial charge in [0.25, 0.3) is 0 Å². The van der Waals surface area contributed by atoms with Crippen molar-refractivity contribution in [3.63, 3.8) is 0 Å². The summed E-state index contributed by atoms with van der Waals surface area (Å²) in [5, 5.41) is 0. The summed E-state index contributed by atoms with van der Waals surface area (Å²) in [5.74, 6) is -0.523. The normalized spacial score (nSPS) is 11.4. The number of aromatic nitrogens is 1. The van der Waals surface area contributed by atoms with Crippen LogP contribution in [0.3, 0.4) is 0 Å². The summed E-state index contributed by atoms with van der Waals surface area (Å²) in [6, 6.07) is 3.08. The summed E-state index contributed by atoms with van der Waals surface area (Å²) in [4.78, 5) is 15.1. The van der Waals surface area contributed by atoms with Gasteiger partial charge in [0.05, 0.1) is 0 Å². The zero-order valence-corrected chi connectivity index (χ0v) is 9.34. The Morgan fingerprint density at radius 2 is 2.00 bits per heavy atom. The largest absolute Gasteiger partial charge is 0.366 e.